The minimum Gasteiger partial charge on any atom is -0.396 e. The summed E-state index contributed by atoms with van der Waals surface area (Å²) in [6.45, 7) is 8.78. The van der Waals surface area contributed by atoms with Gasteiger partial charge in [-0.3, -0.25) is 0 Å². The van der Waals surface area contributed by atoms with E-state index in [4.69, 9.17) is 5.73 Å². The predicted octanol–water partition coefficient (Wildman–Crippen LogP) is 3.20. The lowest BCUT2D eigenvalue weighted by Crippen LogP contribution is -2.47. The lowest BCUT2D eigenvalue weighted by Gasteiger charge is -2.39. The van der Waals surface area contributed by atoms with E-state index < -0.39 is 0 Å². The second-order valence-electron chi connectivity index (χ2n) is 6.29. The van der Waals surface area contributed by atoms with E-state index in [0.717, 1.165) is 54.4 Å². The lowest BCUT2D eigenvalue weighted by molar-refractivity contribution is 0.317. The molecule has 0 radical (unpaired) electrons. The monoisotopic (exact) mass is 401 g/mol. The summed E-state index contributed by atoms with van der Waals surface area (Å²) in [5.74, 6) is 0.889. The van der Waals surface area contributed by atoms with Gasteiger partial charge in [0.2, 0.25) is 0 Å². The molecule has 2 heterocycles. The van der Waals surface area contributed by atoms with Crippen LogP contribution < -0.4 is 15.5 Å². The highest BCUT2D eigenvalue weighted by molar-refractivity contribution is 9.10. The summed E-state index contributed by atoms with van der Waals surface area (Å²) in [6.07, 6.45) is 1.80. The van der Waals surface area contributed by atoms with Gasteiger partial charge in [0.15, 0.2) is 5.82 Å². The molecule has 132 valence electrons. The molecule has 1 saturated heterocycles. The number of pyridine rings is 1. The minimum atomic E-state index is 0.741. The van der Waals surface area contributed by atoms with Crippen LogP contribution in [0.2, 0.25) is 0 Å². The van der Waals surface area contributed by atoms with Gasteiger partial charge in [-0.1, -0.05) is 22.5 Å². The van der Waals surface area contributed by atoms with Gasteiger partial charge in [-0.2, -0.15) is 0 Å². The van der Waals surface area contributed by atoms with Gasteiger partial charge in [-0.25, -0.2) is 4.98 Å². The number of nitrogens with zero attached hydrogens (tertiary/aromatic N) is 4. The van der Waals surface area contributed by atoms with Gasteiger partial charge >= 0.3 is 0 Å². The number of hydrogen-bond acceptors (Lipinski definition) is 5. The smallest absolute Gasteiger partial charge is 0.151 e. The summed E-state index contributed by atoms with van der Waals surface area (Å²) >= 11 is 3.47. The summed E-state index contributed by atoms with van der Waals surface area (Å²) < 4.78 is 1.09. The van der Waals surface area contributed by atoms with Crippen LogP contribution in [0.5, 0.6) is 0 Å². The number of benzene rings is 1. The van der Waals surface area contributed by atoms with Gasteiger partial charge in [0, 0.05) is 55.3 Å². The average molecular weight is 402 g/mol. The molecule has 2 aromatic rings. The SMILES string of the molecule is C=C(CN(C)c1ccc(Br)cc1)N1CCN(c2ncccc2N)CC1. The van der Waals surface area contributed by atoms with E-state index in [9.17, 15) is 0 Å². The molecule has 6 heteroatoms. The number of aromatic nitrogens is 1. The summed E-state index contributed by atoms with van der Waals surface area (Å²) in [7, 11) is 2.10. The van der Waals surface area contributed by atoms with Crippen LogP contribution in [-0.2, 0) is 0 Å². The van der Waals surface area contributed by atoms with E-state index in [1.807, 2.05) is 12.1 Å². The molecule has 1 aliphatic rings. The third kappa shape index (κ3) is 4.25. The molecular weight excluding hydrogens is 378 g/mol. The second kappa shape index (κ2) is 7.78. The highest BCUT2D eigenvalue weighted by Gasteiger charge is 2.20. The summed E-state index contributed by atoms with van der Waals surface area (Å²) in [4.78, 5) is 11.2. The Morgan fingerprint density at radius 1 is 1.20 bits per heavy atom. The summed E-state index contributed by atoms with van der Waals surface area (Å²) in [5, 5.41) is 0. The van der Waals surface area contributed by atoms with E-state index in [2.05, 4.69) is 73.5 Å². The van der Waals surface area contributed by atoms with Crippen molar-refractivity contribution in [2.24, 2.45) is 0 Å². The van der Waals surface area contributed by atoms with Gasteiger partial charge in [0.1, 0.15) is 0 Å². The van der Waals surface area contributed by atoms with E-state index in [1.54, 1.807) is 6.20 Å². The Morgan fingerprint density at radius 3 is 2.52 bits per heavy atom. The Morgan fingerprint density at radius 2 is 1.88 bits per heavy atom. The molecule has 1 aromatic heterocycles. The molecule has 0 atom stereocenters. The number of likely N-dealkylation sites (N-methyl/N-ethyl adjacent to an activating group) is 1. The molecule has 1 aliphatic heterocycles. The largest absolute Gasteiger partial charge is 0.396 e. The van der Waals surface area contributed by atoms with Crippen molar-refractivity contribution >= 4 is 33.1 Å². The first-order valence-corrected chi connectivity index (χ1v) is 9.19. The third-order valence-corrected chi connectivity index (χ3v) is 5.06. The highest BCUT2D eigenvalue weighted by Crippen LogP contribution is 2.22. The lowest BCUT2D eigenvalue weighted by atomic mass is 10.2. The number of nitrogens with two attached hydrogens (primary N) is 1. The first-order chi connectivity index (χ1) is 12.0. The molecule has 5 nitrogen and oxygen atoms in total. The van der Waals surface area contributed by atoms with E-state index in [0.29, 0.717) is 0 Å². The van der Waals surface area contributed by atoms with Gasteiger partial charge in [0.25, 0.3) is 0 Å². The first kappa shape index (κ1) is 17.6. The maximum Gasteiger partial charge on any atom is 0.151 e. The molecule has 0 spiro atoms. The highest BCUT2D eigenvalue weighted by atomic mass is 79.9. The van der Waals surface area contributed by atoms with Gasteiger partial charge in [-0.15, -0.1) is 0 Å². The third-order valence-electron chi connectivity index (χ3n) is 4.53. The minimum absolute atomic E-state index is 0.741. The van der Waals surface area contributed by atoms with Crippen LogP contribution in [0.15, 0.2) is 59.3 Å². The molecule has 0 saturated carbocycles. The van der Waals surface area contributed by atoms with Crippen molar-refractivity contribution in [1.82, 2.24) is 9.88 Å². The summed E-state index contributed by atoms with van der Waals surface area (Å²) in [6, 6.07) is 12.1. The van der Waals surface area contributed by atoms with Crippen molar-refractivity contribution in [1.29, 1.82) is 0 Å². The maximum absolute atomic E-state index is 6.04. The maximum atomic E-state index is 6.04. The Bertz CT molecular complexity index is 723. The Labute approximate surface area is 157 Å². The Balaban J connectivity index is 1.55. The van der Waals surface area contributed by atoms with Crippen molar-refractivity contribution in [3.05, 3.63) is 59.3 Å². The zero-order valence-corrected chi connectivity index (χ0v) is 16.1. The molecule has 0 aliphatic carbocycles. The van der Waals surface area contributed by atoms with Crippen molar-refractivity contribution in [2.75, 3.05) is 55.3 Å². The average Bonchev–Trinajstić information content (AvgIpc) is 2.63. The van der Waals surface area contributed by atoms with Crippen LogP contribution >= 0.6 is 15.9 Å². The van der Waals surface area contributed by atoms with E-state index in [1.165, 1.54) is 5.69 Å². The van der Waals surface area contributed by atoms with Gasteiger partial charge in [-0.05, 0) is 36.4 Å². The number of hydrogen-bond donors (Lipinski definition) is 1. The van der Waals surface area contributed by atoms with Crippen molar-refractivity contribution in [2.45, 2.75) is 0 Å². The Kier molecular flexibility index (Phi) is 5.48. The quantitative estimate of drug-likeness (QED) is 0.833. The van der Waals surface area contributed by atoms with Crippen LogP contribution in [0.1, 0.15) is 0 Å². The molecule has 1 aromatic carbocycles. The fourth-order valence-corrected chi connectivity index (χ4v) is 3.33. The molecular formula is C19H24BrN5. The molecule has 1 fully saturated rings. The van der Waals surface area contributed by atoms with Crippen molar-refractivity contribution < 1.29 is 0 Å². The molecule has 0 amide bonds. The van der Waals surface area contributed by atoms with Crippen molar-refractivity contribution in [3.63, 3.8) is 0 Å². The van der Waals surface area contributed by atoms with Gasteiger partial charge in [0.05, 0.1) is 12.2 Å². The molecule has 0 bridgehead atoms. The fourth-order valence-electron chi connectivity index (χ4n) is 3.07. The number of piperazine rings is 1. The Hall–Kier alpha value is -2.21. The number of nitrogen functional groups attached to an aromatic ring is 1. The van der Waals surface area contributed by atoms with Crippen molar-refractivity contribution in [3.8, 4) is 0 Å². The normalized spacial score (nSPS) is 14.5. The van der Waals surface area contributed by atoms with Crippen LogP contribution in [0.3, 0.4) is 0 Å². The zero-order chi connectivity index (χ0) is 17.8. The van der Waals surface area contributed by atoms with E-state index in [-0.39, 0.29) is 0 Å². The number of halogens is 1. The molecule has 2 N–H and O–H groups in total. The number of anilines is 3. The van der Waals surface area contributed by atoms with Gasteiger partial charge < -0.3 is 20.4 Å². The fraction of sp³-hybridized carbons (Fsp3) is 0.316. The van der Waals surface area contributed by atoms with Crippen LogP contribution in [-0.4, -0.2) is 49.7 Å². The second-order valence-corrected chi connectivity index (χ2v) is 7.20. The van der Waals surface area contributed by atoms with E-state index >= 15 is 0 Å². The first-order valence-electron chi connectivity index (χ1n) is 8.39. The predicted molar refractivity (Wildman–Crippen MR) is 109 cm³/mol. The van der Waals surface area contributed by atoms with Crippen LogP contribution in [0.25, 0.3) is 0 Å². The number of rotatable bonds is 5. The van der Waals surface area contributed by atoms with Crippen LogP contribution in [0.4, 0.5) is 17.2 Å². The molecule has 25 heavy (non-hydrogen) atoms. The summed E-state index contributed by atoms with van der Waals surface area (Å²) in [5.41, 5.74) is 9.10. The molecule has 3 rings (SSSR count). The van der Waals surface area contributed by atoms with Crippen LogP contribution in [0, 0.1) is 0 Å². The standard InChI is InChI=1S/C19H24BrN5/c1-15(14-23(2)17-7-5-16(20)6-8-17)24-10-12-25(13-11-24)19-18(21)4-3-9-22-19/h3-9H,1,10-14,21H2,2H3. The topological polar surface area (TPSA) is 48.6 Å². The zero-order valence-electron chi connectivity index (χ0n) is 14.5. The molecule has 0 unspecified atom stereocenters.